The highest BCUT2D eigenvalue weighted by molar-refractivity contribution is 5.13. The summed E-state index contributed by atoms with van der Waals surface area (Å²) in [6.45, 7) is 5.72. The Morgan fingerprint density at radius 2 is 2.09 bits per heavy atom. The van der Waals surface area contributed by atoms with Crippen LogP contribution in [-0.2, 0) is 25.7 Å². The summed E-state index contributed by atoms with van der Waals surface area (Å²) in [5, 5.41) is 1.89. The zero-order valence-corrected chi connectivity index (χ0v) is 13.5. The van der Waals surface area contributed by atoms with Crippen molar-refractivity contribution in [3.05, 3.63) is 35.9 Å². The van der Waals surface area contributed by atoms with Crippen molar-refractivity contribution in [2.75, 3.05) is 20.3 Å². The smallest absolute Gasteiger partial charge is 0.163 e. The molecule has 2 aliphatic heterocycles. The molecule has 5 nitrogen and oxygen atoms in total. The van der Waals surface area contributed by atoms with Crippen LogP contribution in [0.1, 0.15) is 25.8 Å². The van der Waals surface area contributed by atoms with Gasteiger partial charge in [-0.3, -0.25) is 4.84 Å². The van der Waals surface area contributed by atoms with E-state index in [1.807, 2.05) is 44.2 Å². The molecule has 2 fully saturated rings. The Kier molecular flexibility index (Phi) is 4.80. The van der Waals surface area contributed by atoms with E-state index in [0.717, 1.165) is 18.6 Å². The number of nitrogens with zero attached hydrogens (tertiary/aromatic N) is 1. The van der Waals surface area contributed by atoms with Gasteiger partial charge in [-0.1, -0.05) is 30.3 Å². The number of hydroxylamine groups is 2. The fraction of sp³-hybridized carbons (Fsp3) is 0.647. The second-order valence-electron chi connectivity index (χ2n) is 6.36. The van der Waals surface area contributed by atoms with Crippen LogP contribution in [0.15, 0.2) is 30.3 Å². The van der Waals surface area contributed by atoms with E-state index in [4.69, 9.17) is 19.0 Å². The lowest BCUT2D eigenvalue weighted by Crippen LogP contribution is -2.46. The first-order valence-corrected chi connectivity index (χ1v) is 7.88. The van der Waals surface area contributed by atoms with Crippen LogP contribution in [-0.4, -0.2) is 49.4 Å². The van der Waals surface area contributed by atoms with Crippen molar-refractivity contribution in [2.24, 2.45) is 0 Å². The SMILES string of the molecule is CN1OCC[C@@H]1[C@H](OCc1ccccc1)[C@@H]1COC(C)(C)O1. The van der Waals surface area contributed by atoms with Gasteiger partial charge < -0.3 is 14.2 Å². The predicted octanol–water partition coefficient (Wildman–Crippen LogP) is 2.36. The molecule has 0 spiro atoms. The lowest BCUT2D eigenvalue weighted by Gasteiger charge is -2.31. The highest BCUT2D eigenvalue weighted by Crippen LogP contribution is 2.30. The van der Waals surface area contributed by atoms with Crippen molar-refractivity contribution in [3.63, 3.8) is 0 Å². The number of ether oxygens (including phenoxy) is 3. The Morgan fingerprint density at radius 1 is 1.32 bits per heavy atom. The number of hydrogen-bond donors (Lipinski definition) is 0. The fourth-order valence-electron chi connectivity index (χ4n) is 3.08. The van der Waals surface area contributed by atoms with Crippen LogP contribution < -0.4 is 0 Å². The van der Waals surface area contributed by atoms with Gasteiger partial charge in [-0.05, 0) is 25.8 Å². The average molecular weight is 307 g/mol. The van der Waals surface area contributed by atoms with Crippen molar-refractivity contribution in [1.29, 1.82) is 0 Å². The highest BCUT2D eigenvalue weighted by atomic mass is 16.8. The fourth-order valence-corrected chi connectivity index (χ4v) is 3.08. The molecule has 2 heterocycles. The van der Waals surface area contributed by atoms with Gasteiger partial charge in [0.1, 0.15) is 12.2 Å². The van der Waals surface area contributed by atoms with Crippen LogP contribution in [0.5, 0.6) is 0 Å². The van der Waals surface area contributed by atoms with Crippen molar-refractivity contribution in [1.82, 2.24) is 5.06 Å². The van der Waals surface area contributed by atoms with Crippen molar-refractivity contribution >= 4 is 0 Å². The zero-order valence-electron chi connectivity index (χ0n) is 13.5. The van der Waals surface area contributed by atoms with Gasteiger partial charge in [-0.2, -0.15) is 5.06 Å². The van der Waals surface area contributed by atoms with Crippen molar-refractivity contribution in [2.45, 2.75) is 50.9 Å². The number of rotatable bonds is 5. The van der Waals surface area contributed by atoms with E-state index in [1.54, 1.807) is 0 Å². The van der Waals surface area contributed by atoms with Crippen LogP contribution >= 0.6 is 0 Å². The molecule has 0 radical (unpaired) electrons. The van der Waals surface area contributed by atoms with Gasteiger partial charge in [0.2, 0.25) is 0 Å². The van der Waals surface area contributed by atoms with Gasteiger partial charge in [-0.25, -0.2) is 0 Å². The third-order valence-corrected chi connectivity index (χ3v) is 4.24. The molecular formula is C17H25NO4. The third-order valence-electron chi connectivity index (χ3n) is 4.24. The first kappa shape index (κ1) is 15.9. The molecule has 22 heavy (non-hydrogen) atoms. The average Bonchev–Trinajstić information content (AvgIpc) is 3.07. The number of benzene rings is 1. The van der Waals surface area contributed by atoms with E-state index in [2.05, 4.69) is 12.1 Å². The highest BCUT2D eigenvalue weighted by Gasteiger charge is 2.44. The topological polar surface area (TPSA) is 40.2 Å². The molecule has 0 bridgehead atoms. The van der Waals surface area contributed by atoms with Crippen molar-refractivity contribution < 1.29 is 19.0 Å². The number of likely N-dealkylation sites (N-methyl/N-ethyl adjacent to an activating group) is 1. The van der Waals surface area contributed by atoms with E-state index in [9.17, 15) is 0 Å². The number of hydrogen-bond acceptors (Lipinski definition) is 5. The van der Waals surface area contributed by atoms with Crippen LogP contribution in [0.4, 0.5) is 0 Å². The molecule has 122 valence electrons. The Morgan fingerprint density at radius 3 is 2.68 bits per heavy atom. The summed E-state index contributed by atoms with van der Waals surface area (Å²) in [4.78, 5) is 5.57. The molecule has 2 aliphatic rings. The Balaban J connectivity index is 1.69. The molecule has 0 unspecified atom stereocenters. The molecular weight excluding hydrogens is 282 g/mol. The molecule has 0 aliphatic carbocycles. The molecule has 3 atom stereocenters. The van der Waals surface area contributed by atoms with Crippen LogP contribution in [0.3, 0.4) is 0 Å². The van der Waals surface area contributed by atoms with E-state index in [0.29, 0.717) is 13.2 Å². The summed E-state index contributed by atoms with van der Waals surface area (Å²) in [6.07, 6.45) is 0.790. The maximum absolute atomic E-state index is 6.23. The van der Waals surface area contributed by atoms with Crippen LogP contribution in [0, 0.1) is 0 Å². The predicted molar refractivity (Wildman–Crippen MR) is 82.0 cm³/mol. The first-order chi connectivity index (χ1) is 10.6. The quantitative estimate of drug-likeness (QED) is 0.835. The molecule has 0 saturated carbocycles. The molecule has 2 saturated heterocycles. The second-order valence-corrected chi connectivity index (χ2v) is 6.36. The van der Waals surface area contributed by atoms with Gasteiger partial charge in [0.15, 0.2) is 5.79 Å². The minimum atomic E-state index is -0.545. The van der Waals surface area contributed by atoms with Gasteiger partial charge in [-0.15, -0.1) is 0 Å². The van der Waals surface area contributed by atoms with Gasteiger partial charge in [0.05, 0.1) is 25.9 Å². The molecule has 0 amide bonds. The van der Waals surface area contributed by atoms with E-state index < -0.39 is 5.79 Å². The van der Waals surface area contributed by atoms with Gasteiger partial charge in [0.25, 0.3) is 0 Å². The zero-order chi connectivity index (χ0) is 15.6. The Labute approximate surface area is 132 Å². The maximum Gasteiger partial charge on any atom is 0.163 e. The largest absolute Gasteiger partial charge is 0.369 e. The summed E-state index contributed by atoms with van der Waals surface area (Å²) in [6, 6.07) is 10.4. The van der Waals surface area contributed by atoms with Crippen molar-refractivity contribution in [3.8, 4) is 0 Å². The maximum atomic E-state index is 6.23. The summed E-state index contributed by atoms with van der Waals surface area (Å²) in [7, 11) is 1.96. The Hall–Kier alpha value is -0.980. The van der Waals surface area contributed by atoms with Crippen LogP contribution in [0.25, 0.3) is 0 Å². The first-order valence-electron chi connectivity index (χ1n) is 7.88. The molecule has 3 rings (SSSR count). The molecule has 1 aromatic rings. The van der Waals surface area contributed by atoms with E-state index >= 15 is 0 Å². The lowest BCUT2D eigenvalue weighted by molar-refractivity contribution is -0.185. The summed E-state index contributed by atoms with van der Waals surface area (Å²) >= 11 is 0. The molecule has 0 aromatic heterocycles. The van der Waals surface area contributed by atoms with Gasteiger partial charge in [0, 0.05) is 7.05 Å². The monoisotopic (exact) mass is 307 g/mol. The minimum absolute atomic E-state index is 0.0746. The summed E-state index contributed by atoms with van der Waals surface area (Å²) < 4.78 is 18.0. The lowest BCUT2D eigenvalue weighted by atomic mass is 10.0. The summed E-state index contributed by atoms with van der Waals surface area (Å²) in [5.74, 6) is -0.545. The molecule has 1 aromatic carbocycles. The minimum Gasteiger partial charge on any atom is -0.369 e. The van der Waals surface area contributed by atoms with E-state index in [-0.39, 0.29) is 18.2 Å². The third kappa shape index (κ3) is 3.67. The van der Waals surface area contributed by atoms with Crippen LogP contribution in [0.2, 0.25) is 0 Å². The second kappa shape index (κ2) is 6.64. The molecule has 5 heteroatoms. The van der Waals surface area contributed by atoms with Gasteiger partial charge >= 0.3 is 0 Å². The molecule has 0 N–H and O–H groups in total. The standard InChI is InChI=1S/C17H25NO4/c1-17(2)20-12-15(22-17)16(14-9-10-21-18(14)3)19-11-13-7-5-4-6-8-13/h4-8,14-16H,9-12H2,1-3H3/t14-,15+,16+/m1/s1. The van der Waals surface area contributed by atoms with E-state index in [1.165, 1.54) is 0 Å². The Bertz CT molecular complexity index is 479. The normalized spacial score (nSPS) is 29.8. The summed E-state index contributed by atoms with van der Waals surface area (Å²) in [5.41, 5.74) is 1.16.